The van der Waals surface area contributed by atoms with Gasteiger partial charge in [-0.15, -0.1) is 0 Å². The summed E-state index contributed by atoms with van der Waals surface area (Å²) in [6.07, 6.45) is 2.11. The van der Waals surface area contributed by atoms with Crippen LogP contribution in [-0.4, -0.2) is 38.2 Å². The van der Waals surface area contributed by atoms with E-state index in [0.29, 0.717) is 0 Å². The summed E-state index contributed by atoms with van der Waals surface area (Å²) in [6, 6.07) is 20.8. The number of rotatable bonds is 7. The Labute approximate surface area is 147 Å². The van der Waals surface area contributed by atoms with Crippen LogP contribution < -0.4 is 10.6 Å². The Balaban J connectivity index is 2.40. The molecule has 0 N–H and O–H groups in total. The number of sulfonamides is 1. The van der Waals surface area contributed by atoms with E-state index < -0.39 is 17.9 Å². The van der Waals surface area contributed by atoms with Gasteiger partial charge in [-0.05, 0) is 30.6 Å². The molecule has 0 saturated heterocycles. The van der Waals surface area contributed by atoms with Crippen LogP contribution in [0, 0.1) is 5.92 Å². The lowest BCUT2D eigenvalue weighted by atomic mass is 10.1. The largest absolute Gasteiger partial charge is 0.213 e. The van der Waals surface area contributed by atoms with E-state index in [-0.39, 0.29) is 12.0 Å². The highest BCUT2D eigenvalue weighted by molar-refractivity contribution is 7.88. The summed E-state index contributed by atoms with van der Waals surface area (Å²) in [5.74, 6) is 0.252. The van der Waals surface area contributed by atoms with E-state index in [4.69, 9.17) is 0 Å². The van der Waals surface area contributed by atoms with Crippen molar-refractivity contribution >= 4 is 28.6 Å². The minimum absolute atomic E-state index is 0.0217. The molecular weight excluding hydrogens is 337 g/mol. The highest BCUT2D eigenvalue weighted by atomic mass is 32.2. The van der Waals surface area contributed by atoms with E-state index >= 15 is 0 Å². The summed E-state index contributed by atoms with van der Waals surface area (Å²) in [4.78, 5) is 0. The predicted molar refractivity (Wildman–Crippen MR) is 105 cm³/mol. The van der Waals surface area contributed by atoms with Crippen LogP contribution in [0.25, 0.3) is 0 Å². The molecule has 0 spiro atoms. The van der Waals surface area contributed by atoms with Crippen LogP contribution >= 0.6 is 7.92 Å². The summed E-state index contributed by atoms with van der Waals surface area (Å²) in [5, 5.41) is 2.57. The minimum atomic E-state index is -3.21. The monoisotopic (exact) mass is 363 g/mol. The van der Waals surface area contributed by atoms with Crippen molar-refractivity contribution in [3.63, 3.8) is 0 Å². The first-order valence-electron chi connectivity index (χ1n) is 8.11. The molecule has 0 aliphatic rings. The van der Waals surface area contributed by atoms with E-state index in [1.54, 1.807) is 11.4 Å². The number of hydrogen-bond donors (Lipinski definition) is 0. The molecular formula is C19H26NO2PS. The molecule has 24 heavy (non-hydrogen) atoms. The maximum atomic E-state index is 12.1. The normalized spacial score (nSPS) is 13.6. The molecule has 0 heterocycles. The lowest BCUT2D eigenvalue weighted by Gasteiger charge is -2.33. The molecule has 0 aromatic heterocycles. The Morgan fingerprint density at radius 1 is 0.917 bits per heavy atom. The lowest BCUT2D eigenvalue weighted by molar-refractivity contribution is 0.322. The van der Waals surface area contributed by atoms with Gasteiger partial charge in [0.15, 0.2) is 0 Å². The van der Waals surface area contributed by atoms with E-state index in [0.717, 1.165) is 6.16 Å². The molecule has 0 radical (unpaired) electrons. The molecule has 0 fully saturated rings. The highest BCUT2D eigenvalue weighted by Crippen LogP contribution is 2.37. The third-order valence-corrected chi connectivity index (χ3v) is 8.16. The summed E-state index contributed by atoms with van der Waals surface area (Å²) < 4.78 is 25.7. The zero-order chi connectivity index (χ0) is 17.7. The van der Waals surface area contributed by atoms with Gasteiger partial charge >= 0.3 is 0 Å². The van der Waals surface area contributed by atoms with Crippen LogP contribution in [-0.2, 0) is 10.0 Å². The number of benzene rings is 2. The fraction of sp³-hybridized carbons (Fsp3) is 0.368. The number of hydrogen-bond acceptors (Lipinski definition) is 2. The smallest absolute Gasteiger partial charge is 0.211 e. The molecule has 2 rings (SSSR count). The van der Waals surface area contributed by atoms with Gasteiger partial charge in [-0.25, -0.2) is 12.7 Å². The maximum absolute atomic E-state index is 12.1. The topological polar surface area (TPSA) is 37.4 Å². The van der Waals surface area contributed by atoms with E-state index in [9.17, 15) is 8.42 Å². The van der Waals surface area contributed by atoms with Crippen molar-refractivity contribution < 1.29 is 8.42 Å². The van der Waals surface area contributed by atoms with Gasteiger partial charge in [0, 0.05) is 13.1 Å². The van der Waals surface area contributed by atoms with Crippen molar-refractivity contribution in [2.45, 2.75) is 19.9 Å². The quantitative estimate of drug-likeness (QED) is 0.709. The Hall–Kier alpha value is -1.22. The second-order valence-electron chi connectivity index (χ2n) is 6.37. The van der Waals surface area contributed by atoms with Gasteiger partial charge in [0.05, 0.1) is 6.26 Å². The van der Waals surface area contributed by atoms with Crippen molar-refractivity contribution in [1.82, 2.24) is 4.31 Å². The van der Waals surface area contributed by atoms with Gasteiger partial charge < -0.3 is 0 Å². The second kappa shape index (κ2) is 8.24. The Kier molecular flexibility index (Phi) is 6.56. The molecule has 0 aliphatic carbocycles. The third kappa shape index (κ3) is 4.89. The average Bonchev–Trinajstić information content (AvgIpc) is 2.55. The summed E-state index contributed by atoms with van der Waals surface area (Å²) in [6.45, 7) is 4.19. The van der Waals surface area contributed by atoms with E-state index in [1.807, 2.05) is 12.1 Å². The Bertz CT molecular complexity index is 693. The molecule has 0 saturated carbocycles. The van der Waals surface area contributed by atoms with Gasteiger partial charge in [0.1, 0.15) is 0 Å². The fourth-order valence-corrected chi connectivity index (χ4v) is 6.50. The van der Waals surface area contributed by atoms with E-state index in [1.165, 1.54) is 16.9 Å². The van der Waals surface area contributed by atoms with Crippen LogP contribution in [0.15, 0.2) is 60.7 Å². The molecule has 2 aromatic rings. The van der Waals surface area contributed by atoms with Crippen LogP contribution in [0.1, 0.15) is 13.8 Å². The first kappa shape index (κ1) is 19.1. The first-order chi connectivity index (χ1) is 11.3. The SMILES string of the molecule is CC(C)[C@@H](CP(c1ccccc1)c1ccccc1)N(C)S(C)(=O)=O. The van der Waals surface area contributed by atoms with Crippen molar-refractivity contribution in [1.29, 1.82) is 0 Å². The summed E-state index contributed by atoms with van der Waals surface area (Å²) in [7, 11) is -2.12. The van der Waals surface area contributed by atoms with Crippen molar-refractivity contribution in [3.8, 4) is 0 Å². The molecule has 2 aromatic carbocycles. The predicted octanol–water partition coefficient (Wildman–Crippen LogP) is 3.04. The number of nitrogens with zero attached hydrogens (tertiary/aromatic N) is 1. The molecule has 1 atom stereocenters. The second-order valence-corrected chi connectivity index (χ2v) is 10.7. The van der Waals surface area contributed by atoms with Gasteiger partial charge in [0.2, 0.25) is 10.0 Å². The molecule has 0 bridgehead atoms. The van der Waals surface area contributed by atoms with Gasteiger partial charge in [-0.3, -0.25) is 0 Å². The molecule has 0 unspecified atom stereocenters. The minimum Gasteiger partial charge on any atom is -0.213 e. The Morgan fingerprint density at radius 2 is 1.33 bits per heavy atom. The standard InChI is InChI=1S/C19H26NO2PS/c1-16(2)19(20(3)24(4,21)22)15-23(17-11-7-5-8-12-17)18-13-9-6-10-14-18/h5-14,16,19H,15H2,1-4H3/t19-/m1/s1. The molecule has 130 valence electrons. The van der Waals surface area contributed by atoms with Crippen LogP contribution in [0.3, 0.4) is 0 Å². The van der Waals surface area contributed by atoms with Crippen LogP contribution in [0.2, 0.25) is 0 Å². The molecule has 5 heteroatoms. The average molecular weight is 363 g/mol. The zero-order valence-corrected chi connectivity index (χ0v) is 16.5. The zero-order valence-electron chi connectivity index (χ0n) is 14.8. The van der Waals surface area contributed by atoms with E-state index in [2.05, 4.69) is 62.4 Å². The first-order valence-corrected chi connectivity index (χ1v) is 11.5. The maximum Gasteiger partial charge on any atom is 0.211 e. The van der Waals surface area contributed by atoms with Crippen molar-refractivity contribution in [2.75, 3.05) is 19.5 Å². The lowest BCUT2D eigenvalue weighted by Crippen LogP contribution is -2.43. The van der Waals surface area contributed by atoms with Crippen molar-refractivity contribution in [3.05, 3.63) is 60.7 Å². The van der Waals surface area contributed by atoms with Gasteiger partial charge in [0.25, 0.3) is 0 Å². The van der Waals surface area contributed by atoms with Crippen molar-refractivity contribution in [2.24, 2.45) is 5.92 Å². The Morgan fingerprint density at radius 3 is 1.67 bits per heavy atom. The fourth-order valence-electron chi connectivity index (χ4n) is 2.75. The summed E-state index contributed by atoms with van der Waals surface area (Å²) in [5.41, 5.74) is 0. The highest BCUT2D eigenvalue weighted by Gasteiger charge is 2.29. The molecule has 3 nitrogen and oxygen atoms in total. The van der Waals surface area contributed by atoms with Gasteiger partial charge in [-0.2, -0.15) is 0 Å². The molecule has 0 amide bonds. The third-order valence-electron chi connectivity index (χ3n) is 4.27. The van der Waals surface area contributed by atoms with Crippen LogP contribution in [0.5, 0.6) is 0 Å². The van der Waals surface area contributed by atoms with Gasteiger partial charge in [-0.1, -0.05) is 74.5 Å². The van der Waals surface area contributed by atoms with Crippen LogP contribution in [0.4, 0.5) is 0 Å². The molecule has 0 aliphatic heterocycles. The summed E-state index contributed by atoms with van der Waals surface area (Å²) >= 11 is 0.